The predicted octanol–water partition coefficient (Wildman–Crippen LogP) is 1.06. The molecule has 2 rings (SSSR count). The van der Waals surface area contributed by atoms with Crippen molar-refractivity contribution in [2.75, 3.05) is 13.7 Å². The highest BCUT2D eigenvalue weighted by molar-refractivity contribution is 6.32. The highest BCUT2D eigenvalue weighted by Crippen LogP contribution is 2.25. The van der Waals surface area contributed by atoms with Crippen molar-refractivity contribution in [1.29, 1.82) is 0 Å². The van der Waals surface area contributed by atoms with E-state index in [-0.39, 0.29) is 18.6 Å². The molecule has 0 aromatic heterocycles. The third-order valence-electron chi connectivity index (χ3n) is 3.63. The molecule has 0 spiro atoms. The highest BCUT2D eigenvalue weighted by atomic mass is 35.5. The van der Waals surface area contributed by atoms with Crippen LogP contribution in [0.2, 0.25) is 5.02 Å². The number of hydrogen-bond donors (Lipinski definition) is 2. The Morgan fingerprint density at radius 2 is 2.10 bits per heavy atom. The Morgan fingerprint density at radius 1 is 1.40 bits per heavy atom. The SMILES string of the molecule is CN(C(=O)COc1ccccc1Cl)[C@@H]1CC[C@@H](O)[C@@H]1O. The fourth-order valence-electron chi connectivity index (χ4n) is 2.35. The van der Waals surface area contributed by atoms with Gasteiger partial charge in [0.2, 0.25) is 0 Å². The van der Waals surface area contributed by atoms with Gasteiger partial charge in [-0.1, -0.05) is 23.7 Å². The maximum Gasteiger partial charge on any atom is 0.260 e. The summed E-state index contributed by atoms with van der Waals surface area (Å²) in [6.07, 6.45) is -0.588. The van der Waals surface area contributed by atoms with Crippen LogP contribution in [0.15, 0.2) is 24.3 Å². The lowest BCUT2D eigenvalue weighted by atomic mass is 10.2. The van der Waals surface area contributed by atoms with E-state index in [0.29, 0.717) is 23.6 Å². The number of hydrogen-bond acceptors (Lipinski definition) is 4. The fourth-order valence-corrected chi connectivity index (χ4v) is 2.54. The van der Waals surface area contributed by atoms with Gasteiger partial charge in [-0.2, -0.15) is 0 Å². The van der Waals surface area contributed by atoms with Crippen LogP contribution >= 0.6 is 11.6 Å². The quantitative estimate of drug-likeness (QED) is 0.872. The highest BCUT2D eigenvalue weighted by Gasteiger charge is 2.37. The number of aliphatic hydroxyl groups is 2. The minimum absolute atomic E-state index is 0.153. The molecule has 110 valence electrons. The number of benzene rings is 1. The first-order valence-electron chi connectivity index (χ1n) is 6.50. The largest absolute Gasteiger partial charge is 0.482 e. The van der Waals surface area contributed by atoms with E-state index in [1.54, 1.807) is 31.3 Å². The lowest BCUT2D eigenvalue weighted by molar-refractivity contribution is -0.136. The molecule has 3 atom stereocenters. The van der Waals surface area contributed by atoms with Crippen molar-refractivity contribution in [2.24, 2.45) is 0 Å². The second-order valence-electron chi connectivity index (χ2n) is 4.93. The molecule has 1 aromatic carbocycles. The number of amides is 1. The Labute approximate surface area is 122 Å². The second kappa shape index (κ2) is 6.43. The standard InChI is InChI=1S/C14H18ClNO4/c1-16(10-6-7-11(17)14(10)19)13(18)8-20-12-5-3-2-4-9(12)15/h2-5,10-11,14,17,19H,6-8H2,1H3/t10-,11-,14-/m1/s1. The number of likely N-dealkylation sites (N-methyl/N-ethyl adjacent to an activating group) is 1. The third kappa shape index (κ3) is 3.23. The van der Waals surface area contributed by atoms with E-state index >= 15 is 0 Å². The molecular formula is C14H18ClNO4. The van der Waals surface area contributed by atoms with E-state index in [1.165, 1.54) is 4.90 Å². The normalized spacial score (nSPS) is 25.5. The van der Waals surface area contributed by atoms with Gasteiger partial charge in [0.15, 0.2) is 6.61 Å². The molecule has 6 heteroatoms. The number of carbonyl (C=O) groups is 1. The van der Waals surface area contributed by atoms with Crippen LogP contribution in [0, 0.1) is 0 Å². The van der Waals surface area contributed by atoms with Gasteiger partial charge in [-0.05, 0) is 25.0 Å². The Hall–Kier alpha value is -1.30. The second-order valence-corrected chi connectivity index (χ2v) is 5.33. The molecule has 0 unspecified atom stereocenters. The minimum Gasteiger partial charge on any atom is -0.482 e. The molecule has 1 fully saturated rings. The van der Waals surface area contributed by atoms with Gasteiger partial charge in [-0.3, -0.25) is 4.79 Å². The molecule has 1 saturated carbocycles. The molecule has 1 aliphatic carbocycles. The van der Waals surface area contributed by atoms with Crippen molar-refractivity contribution in [3.05, 3.63) is 29.3 Å². The van der Waals surface area contributed by atoms with Crippen LogP contribution in [0.4, 0.5) is 0 Å². The smallest absolute Gasteiger partial charge is 0.260 e. The van der Waals surface area contributed by atoms with Crippen molar-refractivity contribution < 1.29 is 19.7 Å². The Kier molecular flexibility index (Phi) is 4.86. The lowest BCUT2D eigenvalue weighted by Gasteiger charge is -2.27. The molecule has 1 aromatic rings. The molecule has 0 aliphatic heterocycles. The molecule has 1 aliphatic rings. The van der Waals surface area contributed by atoms with Crippen LogP contribution in [0.25, 0.3) is 0 Å². The molecule has 0 saturated heterocycles. The van der Waals surface area contributed by atoms with Crippen molar-refractivity contribution in [2.45, 2.75) is 31.1 Å². The number of ether oxygens (including phenoxy) is 1. The lowest BCUT2D eigenvalue weighted by Crippen LogP contribution is -2.45. The maximum absolute atomic E-state index is 12.0. The van der Waals surface area contributed by atoms with Crippen LogP contribution in [0.3, 0.4) is 0 Å². The Morgan fingerprint density at radius 3 is 2.70 bits per heavy atom. The summed E-state index contributed by atoms with van der Waals surface area (Å²) in [6.45, 7) is -0.153. The van der Waals surface area contributed by atoms with Crippen molar-refractivity contribution in [3.63, 3.8) is 0 Å². The molecule has 0 heterocycles. The zero-order valence-electron chi connectivity index (χ0n) is 11.2. The van der Waals surface area contributed by atoms with Crippen LogP contribution in [-0.4, -0.2) is 52.9 Å². The summed E-state index contributed by atoms with van der Waals surface area (Å²) in [5, 5.41) is 19.8. The average Bonchev–Trinajstić information content (AvgIpc) is 2.77. The summed E-state index contributed by atoms with van der Waals surface area (Å²) >= 11 is 5.93. The van der Waals surface area contributed by atoms with Crippen LogP contribution in [-0.2, 0) is 4.79 Å². The zero-order chi connectivity index (χ0) is 14.7. The van der Waals surface area contributed by atoms with Gasteiger partial charge >= 0.3 is 0 Å². The van der Waals surface area contributed by atoms with Gasteiger partial charge in [0.1, 0.15) is 11.9 Å². The van der Waals surface area contributed by atoms with E-state index < -0.39 is 12.2 Å². The van der Waals surface area contributed by atoms with Gasteiger partial charge in [0, 0.05) is 7.05 Å². The molecule has 5 nitrogen and oxygen atoms in total. The van der Waals surface area contributed by atoms with Crippen LogP contribution in [0.1, 0.15) is 12.8 Å². The average molecular weight is 300 g/mol. The molecule has 1 amide bonds. The molecular weight excluding hydrogens is 282 g/mol. The first-order valence-corrected chi connectivity index (χ1v) is 6.87. The number of aliphatic hydroxyl groups excluding tert-OH is 2. The Bertz CT molecular complexity index is 482. The van der Waals surface area contributed by atoms with E-state index in [9.17, 15) is 15.0 Å². The first-order chi connectivity index (χ1) is 9.50. The third-order valence-corrected chi connectivity index (χ3v) is 3.94. The van der Waals surface area contributed by atoms with Gasteiger partial charge in [0.05, 0.1) is 17.2 Å². The van der Waals surface area contributed by atoms with E-state index in [0.717, 1.165) is 0 Å². The van der Waals surface area contributed by atoms with Gasteiger partial charge in [-0.15, -0.1) is 0 Å². The summed E-state index contributed by atoms with van der Waals surface area (Å²) in [6, 6.07) is 6.55. The summed E-state index contributed by atoms with van der Waals surface area (Å²) in [7, 11) is 1.60. The Balaban J connectivity index is 1.90. The molecule has 0 bridgehead atoms. The summed E-state index contributed by atoms with van der Waals surface area (Å²) in [5.74, 6) is 0.186. The van der Waals surface area contributed by atoms with Crippen LogP contribution in [0.5, 0.6) is 5.75 Å². The number of carbonyl (C=O) groups excluding carboxylic acids is 1. The number of nitrogens with zero attached hydrogens (tertiary/aromatic N) is 1. The summed E-state index contributed by atoms with van der Waals surface area (Å²) in [5.41, 5.74) is 0. The molecule has 2 N–H and O–H groups in total. The molecule has 0 radical (unpaired) electrons. The summed E-state index contributed by atoms with van der Waals surface area (Å²) in [4.78, 5) is 13.5. The monoisotopic (exact) mass is 299 g/mol. The van der Waals surface area contributed by atoms with E-state index in [2.05, 4.69) is 0 Å². The molecule has 20 heavy (non-hydrogen) atoms. The van der Waals surface area contributed by atoms with Gasteiger partial charge in [-0.25, -0.2) is 0 Å². The zero-order valence-corrected chi connectivity index (χ0v) is 12.0. The minimum atomic E-state index is -0.899. The number of halogens is 1. The van der Waals surface area contributed by atoms with Crippen molar-refractivity contribution in [1.82, 2.24) is 4.90 Å². The van der Waals surface area contributed by atoms with E-state index in [1.807, 2.05) is 0 Å². The number of para-hydroxylation sites is 1. The fraction of sp³-hybridized carbons (Fsp3) is 0.500. The van der Waals surface area contributed by atoms with Crippen molar-refractivity contribution in [3.8, 4) is 5.75 Å². The summed E-state index contributed by atoms with van der Waals surface area (Å²) < 4.78 is 5.37. The maximum atomic E-state index is 12.0. The van der Waals surface area contributed by atoms with Crippen LogP contribution < -0.4 is 4.74 Å². The van der Waals surface area contributed by atoms with E-state index in [4.69, 9.17) is 16.3 Å². The van der Waals surface area contributed by atoms with Crippen molar-refractivity contribution >= 4 is 17.5 Å². The topological polar surface area (TPSA) is 70.0 Å². The number of rotatable bonds is 4. The van der Waals surface area contributed by atoms with Gasteiger partial charge in [0.25, 0.3) is 5.91 Å². The van der Waals surface area contributed by atoms with Gasteiger partial charge < -0.3 is 19.8 Å². The first kappa shape index (κ1) is 15.1. The predicted molar refractivity (Wildman–Crippen MR) is 74.8 cm³/mol.